The van der Waals surface area contributed by atoms with Gasteiger partial charge in [-0.1, -0.05) is 47.0 Å². The molecule has 0 saturated heterocycles. The van der Waals surface area contributed by atoms with Crippen molar-refractivity contribution < 1.29 is 27.7 Å². The van der Waals surface area contributed by atoms with Crippen LogP contribution in [0.15, 0.2) is 0 Å². The van der Waals surface area contributed by atoms with E-state index in [2.05, 4.69) is 6.92 Å². The van der Waals surface area contributed by atoms with Gasteiger partial charge in [0.05, 0.1) is 6.04 Å². The minimum absolute atomic E-state index is 0.136. The van der Waals surface area contributed by atoms with Crippen molar-refractivity contribution in [2.24, 2.45) is 0 Å². The molecule has 0 aliphatic carbocycles. The first-order chi connectivity index (χ1) is 10.4. The first kappa shape index (κ1) is 20.6. The zero-order chi connectivity index (χ0) is 17.0. The molecule has 0 aliphatic heterocycles. The minimum Gasteiger partial charge on any atom is -0.455 e. The predicted octanol–water partition coefficient (Wildman–Crippen LogP) is 3.37. The molecule has 0 atom stereocenters. The van der Waals surface area contributed by atoms with Gasteiger partial charge in [-0.25, -0.2) is 0 Å². The van der Waals surface area contributed by atoms with Crippen molar-refractivity contribution in [2.45, 2.75) is 78.7 Å². The average Bonchev–Trinajstić information content (AvgIpc) is 2.51. The van der Waals surface area contributed by atoms with Crippen molar-refractivity contribution in [3.8, 4) is 0 Å². The molecule has 0 amide bonds. The van der Waals surface area contributed by atoms with Crippen LogP contribution in [0.4, 0.5) is 0 Å². The van der Waals surface area contributed by atoms with Gasteiger partial charge in [0.1, 0.15) is 0 Å². The van der Waals surface area contributed by atoms with Crippen LogP contribution in [0.25, 0.3) is 0 Å². The topological polar surface area (TPSA) is 78.9 Å². The highest BCUT2D eigenvalue weighted by atomic mass is 28.4. The fourth-order valence-corrected chi connectivity index (χ4v) is 4.31. The summed E-state index contributed by atoms with van der Waals surface area (Å²) in [5, 5.41) is 0. The van der Waals surface area contributed by atoms with Gasteiger partial charge in [0, 0.05) is 19.3 Å². The van der Waals surface area contributed by atoms with Gasteiger partial charge in [0.25, 0.3) is 17.9 Å². The van der Waals surface area contributed by atoms with Gasteiger partial charge in [-0.3, -0.25) is 14.4 Å². The molecule has 22 heavy (non-hydrogen) atoms. The highest BCUT2D eigenvalue weighted by molar-refractivity contribution is 6.65. The number of carbonyl (C=O) groups excluding carboxylic acids is 3. The van der Waals surface area contributed by atoms with E-state index in [1.807, 2.05) is 0 Å². The summed E-state index contributed by atoms with van der Waals surface area (Å²) in [5.41, 5.74) is 0. The molecule has 0 N–H and O–H groups in total. The third-order valence-corrected chi connectivity index (χ3v) is 5.59. The molecule has 0 heterocycles. The number of hydrogen-bond acceptors (Lipinski definition) is 6. The number of hydrogen-bond donors (Lipinski definition) is 0. The van der Waals surface area contributed by atoms with Crippen LogP contribution in [0, 0.1) is 0 Å². The second-order valence-electron chi connectivity index (χ2n) is 4.98. The summed E-state index contributed by atoms with van der Waals surface area (Å²) < 4.78 is 16.0. The normalized spacial score (nSPS) is 10.9. The minimum atomic E-state index is -3.65. The van der Waals surface area contributed by atoms with Crippen LogP contribution in [0.3, 0.4) is 0 Å². The van der Waals surface area contributed by atoms with Crippen molar-refractivity contribution in [3.63, 3.8) is 0 Å². The molecule has 0 aromatic carbocycles. The zero-order valence-corrected chi connectivity index (χ0v) is 15.1. The molecule has 0 unspecified atom stereocenters. The first-order valence-corrected chi connectivity index (χ1v) is 10.0. The van der Waals surface area contributed by atoms with E-state index in [-0.39, 0.29) is 25.3 Å². The molecule has 0 fully saturated rings. The van der Waals surface area contributed by atoms with Gasteiger partial charge in [-0.2, -0.15) is 0 Å². The van der Waals surface area contributed by atoms with Crippen LogP contribution in [-0.4, -0.2) is 26.7 Å². The molecule has 0 radical (unpaired) electrons. The molecule has 0 aliphatic rings. The van der Waals surface area contributed by atoms with Crippen LogP contribution >= 0.6 is 0 Å². The van der Waals surface area contributed by atoms with Gasteiger partial charge in [-0.15, -0.1) is 0 Å². The van der Waals surface area contributed by atoms with Gasteiger partial charge >= 0.3 is 8.80 Å². The van der Waals surface area contributed by atoms with E-state index in [1.165, 1.54) is 0 Å². The standard InChI is InChI=1S/C15H28O6Si/c1-5-9-10-11-12-22(19-13(16)6-2,20-14(17)7-3)21-15(18)8-4/h5-12H2,1-4H3. The highest BCUT2D eigenvalue weighted by Gasteiger charge is 2.51. The third-order valence-electron chi connectivity index (χ3n) is 3.01. The summed E-state index contributed by atoms with van der Waals surface area (Å²) in [5.74, 6) is -1.56. The van der Waals surface area contributed by atoms with E-state index in [4.69, 9.17) is 13.3 Å². The summed E-state index contributed by atoms with van der Waals surface area (Å²) in [7, 11) is -3.65. The summed E-state index contributed by atoms with van der Waals surface area (Å²) in [6, 6.07) is 0.288. The van der Waals surface area contributed by atoms with Gasteiger partial charge < -0.3 is 13.3 Å². The molecule has 0 bridgehead atoms. The molecule has 7 heteroatoms. The Hall–Kier alpha value is -1.37. The Bertz CT molecular complexity index is 323. The van der Waals surface area contributed by atoms with Gasteiger partial charge in [0.2, 0.25) is 0 Å². The molecule has 0 spiro atoms. The lowest BCUT2D eigenvalue weighted by Gasteiger charge is -2.27. The van der Waals surface area contributed by atoms with Crippen molar-refractivity contribution in [1.29, 1.82) is 0 Å². The highest BCUT2D eigenvalue weighted by Crippen LogP contribution is 2.22. The molecular formula is C15H28O6Si. The number of carbonyl (C=O) groups is 3. The summed E-state index contributed by atoms with van der Waals surface area (Å²) >= 11 is 0. The Morgan fingerprint density at radius 1 is 0.682 bits per heavy atom. The SMILES string of the molecule is CCCCCC[Si](OC(=O)CC)(OC(=O)CC)OC(=O)CC. The third kappa shape index (κ3) is 8.16. The Balaban J connectivity index is 5.13. The maximum absolute atomic E-state index is 11.7. The van der Waals surface area contributed by atoms with Gasteiger partial charge in [-0.05, 0) is 6.42 Å². The molecule has 0 rings (SSSR count). The summed E-state index contributed by atoms with van der Waals surface area (Å²) in [6.07, 6.45) is 4.07. The number of unbranched alkanes of at least 4 members (excludes halogenated alkanes) is 3. The lowest BCUT2D eigenvalue weighted by atomic mass is 10.2. The molecule has 0 aromatic heterocycles. The van der Waals surface area contributed by atoms with Crippen molar-refractivity contribution in [3.05, 3.63) is 0 Å². The monoisotopic (exact) mass is 332 g/mol. The van der Waals surface area contributed by atoms with Crippen LogP contribution < -0.4 is 0 Å². The van der Waals surface area contributed by atoms with Crippen molar-refractivity contribution in [1.82, 2.24) is 0 Å². The van der Waals surface area contributed by atoms with Crippen molar-refractivity contribution in [2.75, 3.05) is 0 Å². The lowest BCUT2D eigenvalue weighted by Crippen LogP contribution is -2.50. The smallest absolute Gasteiger partial charge is 0.455 e. The summed E-state index contributed by atoms with van der Waals surface area (Å²) in [6.45, 7) is 7.00. The second-order valence-corrected chi connectivity index (χ2v) is 7.45. The quantitative estimate of drug-likeness (QED) is 0.426. The maximum atomic E-state index is 11.7. The Morgan fingerprint density at radius 3 is 1.41 bits per heavy atom. The van der Waals surface area contributed by atoms with E-state index >= 15 is 0 Å². The molecule has 0 saturated carbocycles. The maximum Gasteiger partial charge on any atom is 0.705 e. The molecule has 6 nitrogen and oxygen atoms in total. The number of rotatable bonds is 11. The van der Waals surface area contributed by atoms with E-state index in [9.17, 15) is 14.4 Å². The first-order valence-electron chi connectivity index (χ1n) is 8.08. The molecule has 128 valence electrons. The Morgan fingerprint density at radius 2 is 1.09 bits per heavy atom. The average molecular weight is 332 g/mol. The Labute approximate surface area is 133 Å². The largest absolute Gasteiger partial charge is 0.705 e. The molecule has 0 aromatic rings. The fraction of sp³-hybridized carbons (Fsp3) is 0.800. The molecular weight excluding hydrogens is 304 g/mol. The second kappa shape index (κ2) is 11.2. The van der Waals surface area contributed by atoms with Crippen LogP contribution in [0.2, 0.25) is 6.04 Å². The van der Waals surface area contributed by atoms with Crippen molar-refractivity contribution >= 4 is 26.7 Å². The lowest BCUT2D eigenvalue weighted by molar-refractivity contribution is -0.150. The van der Waals surface area contributed by atoms with Gasteiger partial charge in [0.15, 0.2) is 0 Å². The Kier molecular flexibility index (Phi) is 10.5. The van der Waals surface area contributed by atoms with E-state index < -0.39 is 26.7 Å². The van der Waals surface area contributed by atoms with Crippen LogP contribution in [0.5, 0.6) is 0 Å². The van der Waals surface area contributed by atoms with E-state index in [0.717, 1.165) is 19.3 Å². The fourth-order valence-electron chi connectivity index (χ4n) is 1.72. The predicted molar refractivity (Wildman–Crippen MR) is 83.9 cm³/mol. The zero-order valence-electron chi connectivity index (χ0n) is 14.1. The summed E-state index contributed by atoms with van der Waals surface area (Å²) in [4.78, 5) is 35.1. The van der Waals surface area contributed by atoms with Crippen LogP contribution in [0.1, 0.15) is 72.6 Å². The van der Waals surface area contributed by atoms with Crippen LogP contribution in [-0.2, 0) is 27.7 Å². The van der Waals surface area contributed by atoms with E-state index in [1.54, 1.807) is 20.8 Å². The van der Waals surface area contributed by atoms with E-state index in [0.29, 0.717) is 6.42 Å².